The van der Waals surface area contributed by atoms with E-state index in [-0.39, 0.29) is 0 Å². The lowest BCUT2D eigenvalue weighted by Gasteiger charge is -2.29. The van der Waals surface area contributed by atoms with Crippen LogP contribution in [0.4, 0.5) is 17.1 Å². The minimum absolute atomic E-state index is 1.10. The first-order valence-electron chi connectivity index (χ1n) is 17.5. The van der Waals surface area contributed by atoms with Gasteiger partial charge in [0.25, 0.3) is 0 Å². The van der Waals surface area contributed by atoms with Gasteiger partial charge < -0.3 is 4.90 Å². The number of benzene rings is 9. The van der Waals surface area contributed by atoms with Gasteiger partial charge in [0.15, 0.2) is 0 Å². The predicted octanol–water partition coefficient (Wildman–Crippen LogP) is 14.1. The van der Waals surface area contributed by atoms with Crippen molar-refractivity contribution in [2.75, 3.05) is 4.90 Å². The van der Waals surface area contributed by atoms with Crippen molar-refractivity contribution in [3.05, 3.63) is 212 Å². The molecular formula is C50H35N. The van der Waals surface area contributed by atoms with Gasteiger partial charge in [0, 0.05) is 16.8 Å². The number of hydrogen-bond acceptors (Lipinski definition) is 1. The number of fused-ring (bicyclic) bond motifs is 3. The van der Waals surface area contributed by atoms with E-state index in [1.807, 2.05) is 0 Å². The number of nitrogens with zero attached hydrogens (tertiary/aromatic N) is 1. The summed E-state index contributed by atoms with van der Waals surface area (Å²) in [4.78, 5) is 2.43. The Morgan fingerprint density at radius 1 is 0.255 bits per heavy atom. The molecule has 9 aromatic carbocycles. The van der Waals surface area contributed by atoms with Gasteiger partial charge in [-0.1, -0.05) is 176 Å². The zero-order chi connectivity index (χ0) is 34.0. The molecule has 0 aliphatic heterocycles. The molecule has 51 heavy (non-hydrogen) atoms. The van der Waals surface area contributed by atoms with Crippen LogP contribution < -0.4 is 4.90 Å². The van der Waals surface area contributed by atoms with E-state index in [0.717, 1.165) is 17.1 Å². The van der Waals surface area contributed by atoms with Crippen LogP contribution in [0.3, 0.4) is 0 Å². The molecule has 0 heterocycles. The van der Waals surface area contributed by atoms with E-state index in [9.17, 15) is 0 Å². The molecule has 0 unspecified atom stereocenters. The Bertz CT molecular complexity index is 2610. The first-order valence-corrected chi connectivity index (χ1v) is 17.5. The maximum absolute atomic E-state index is 2.43. The molecular weight excluding hydrogens is 615 g/mol. The molecule has 0 aliphatic carbocycles. The molecule has 0 fully saturated rings. The van der Waals surface area contributed by atoms with Crippen molar-refractivity contribution in [3.8, 4) is 44.5 Å². The normalized spacial score (nSPS) is 11.1. The lowest BCUT2D eigenvalue weighted by atomic mass is 9.91. The molecule has 0 radical (unpaired) electrons. The molecule has 0 atom stereocenters. The maximum atomic E-state index is 2.43. The van der Waals surface area contributed by atoms with Crippen molar-refractivity contribution in [2.24, 2.45) is 0 Å². The van der Waals surface area contributed by atoms with Gasteiger partial charge in [-0.25, -0.2) is 0 Å². The second kappa shape index (κ2) is 13.3. The van der Waals surface area contributed by atoms with Crippen LogP contribution in [0.1, 0.15) is 0 Å². The van der Waals surface area contributed by atoms with Crippen LogP contribution in [0.25, 0.3) is 66.1 Å². The Labute approximate surface area is 299 Å². The van der Waals surface area contributed by atoms with Gasteiger partial charge in [-0.05, 0) is 97.1 Å². The third kappa shape index (κ3) is 5.86. The minimum atomic E-state index is 1.10. The van der Waals surface area contributed by atoms with E-state index in [1.54, 1.807) is 0 Å². The van der Waals surface area contributed by atoms with Crippen LogP contribution in [0.5, 0.6) is 0 Å². The second-order valence-electron chi connectivity index (χ2n) is 13.0. The van der Waals surface area contributed by atoms with Crippen molar-refractivity contribution in [1.82, 2.24) is 0 Å². The van der Waals surface area contributed by atoms with Gasteiger partial charge in [-0.15, -0.1) is 0 Å². The summed E-state index contributed by atoms with van der Waals surface area (Å²) in [6, 6.07) is 76.7. The van der Waals surface area contributed by atoms with Crippen molar-refractivity contribution in [3.63, 3.8) is 0 Å². The molecule has 0 saturated heterocycles. The fourth-order valence-corrected chi connectivity index (χ4v) is 7.36. The van der Waals surface area contributed by atoms with Crippen LogP contribution in [0.15, 0.2) is 212 Å². The zero-order valence-corrected chi connectivity index (χ0v) is 28.2. The standard InChI is InChI=1S/C50H35N/c1-4-15-36(16-5-1)38-27-29-43(30-28-38)51(50-34-42-21-10-11-24-45(42)47-25-12-13-26-48(47)50)44-31-32-46(49(35-44)39-19-8-3-9-20-39)41-23-14-22-40(33-41)37-17-6-2-7-18-37/h1-35H. The highest BCUT2D eigenvalue weighted by atomic mass is 15.1. The fourth-order valence-electron chi connectivity index (χ4n) is 7.36. The number of rotatable bonds is 7. The smallest absolute Gasteiger partial charge is 0.0546 e. The molecule has 0 N–H and O–H groups in total. The van der Waals surface area contributed by atoms with Crippen molar-refractivity contribution < 1.29 is 0 Å². The molecule has 9 rings (SSSR count). The van der Waals surface area contributed by atoms with E-state index < -0.39 is 0 Å². The second-order valence-corrected chi connectivity index (χ2v) is 13.0. The lowest BCUT2D eigenvalue weighted by molar-refractivity contribution is 1.30. The molecule has 0 spiro atoms. The largest absolute Gasteiger partial charge is 0.310 e. The third-order valence-corrected chi connectivity index (χ3v) is 9.85. The molecule has 0 saturated carbocycles. The van der Waals surface area contributed by atoms with Gasteiger partial charge >= 0.3 is 0 Å². The Morgan fingerprint density at radius 3 is 1.47 bits per heavy atom. The van der Waals surface area contributed by atoms with Gasteiger partial charge in [0.2, 0.25) is 0 Å². The fraction of sp³-hybridized carbons (Fsp3) is 0. The molecule has 0 aliphatic rings. The summed E-state index contributed by atoms with van der Waals surface area (Å²) in [6.45, 7) is 0. The van der Waals surface area contributed by atoms with Crippen molar-refractivity contribution in [2.45, 2.75) is 0 Å². The predicted molar refractivity (Wildman–Crippen MR) is 218 cm³/mol. The van der Waals surface area contributed by atoms with Crippen LogP contribution in [-0.4, -0.2) is 0 Å². The molecule has 240 valence electrons. The first-order chi connectivity index (χ1) is 25.3. The average molecular weight is 650 g/mol. The van der Waals surface area contributed by atoms with E-state index in [1.165, 1.54) is 66.1 Å². The maximum Gasteiger partial charge on any atom is 0.0546 e. The van der Waals surface area contributed by atoms with E-state index in [4.69, 9.17) is 0 Å². The Morgan fingerprint density at radius 2 is 0.765 bits per heavy atom. The van der Waals surface area contributed by atoms with Crippen LogP contribution in [0.2, 0.25) is 0 Å². The Hall–Kier alpha value is -6.70. The monoisotopic (exact) mass is 649 g/mol. The minimum Gasteiger partial charge on any atom is -0.310 e. The highest BCUT2D eigenvalue weighted by molar-refractivity contribution is 6.14. The molecule has 0 aromatic heterocycles. The highest BCUT2D eigenvalue weighted by Crippen LogP contribution is 2.45. The van der Waals surface area contributed by atoms with Crippen LogP contribution in [0, 0.1) is 0 Å². The molecule has 0 amide bonds. The summed E-state index contributed by atoms with van der Waals surface area (Å²) in [5.41, 5.74) is 12.9. The van der Waals surface area contributed by atoms with E-state index in [2.05, 4.69) is 217 Å². The summed E-state index contributed by atoms with van der Waals surface area (Å²) in [5.74, 6) is 0. The Kier molecular flexibility index (Phi) is 7.92. The van der Waals surface area contributed by atoms with E-state index in [0.29, 0.717) is 0 Å². The zero-order valence-electron chi connectivity index (χ0n) is 28.2. The summed E-state index contributed by atoms with van der Waals surface area (Å²) in [7, 11) is 0. The van der Waals surface area contributed by atoms with Crippen LogP contribution in [-0.2, 0) is 0 Å². The van der Waals surface area contributed by atoms with Crippen LogP contribution >= 0.6 is 0 Å². The summed E-state index contributed by atoms with van der Waals surface area (Å²) in [5, 5.41) is 4.93. The van der Waals surface area contributed by atoms with Crippen molar-refractivity contribution >= 4 is 38.6 Å². The molecule has 1 nitrogen and oxygen atoms in total. The summed E-state index contributed by atoms with van der Waals surface area (Å²) >= 11 is 0. The summed E-state index contributed by atoms with van der Waals surface area (Å²) in [6.07, 6.45) is 0. The van der Waals surface area contributed by atoms with Gasteiger partial charge in [0.05, 0.1) is 5.69 Å². The number of hydrogen-bond donors (Lipinski definition) is 0. The lowest BCUT2D eigenvalue weighted by Crippen LogP contribution is -2.11. The molecule has 1 heteroatoms. The van der Waals surface area contributed by atoms with Gasteiger partial charge in [-0.2, -0.15) is 0 Å². The summed E-state index contributed by atoms with van der Waals surface area (Å²) < 4.78 is 0. The Balaban J connectivity index is 1.27. The molecule has 9 aromatic rings. The number of anilines is 3. The quantitative estimate of drug-likeness (QED) is 0.155. The highest BCUT2D eigenvalue weighted by Gasteiger charge is 2.20. The van der Waals surface area contributed by atoms with Crippen molar-refractivity contribution in [1.29, 1.82) is 0 Å². The average Bonchev–Trinajstić information content (AvgIpc) is 3.22. The van der Waals surface area contributed by atoms with Gasteiger partial charge in [-0.3, -0.25) is 0 Å². The molecule has 0 bridgehead atoms. The van der Waals surface area contributed by atoms with Gasteiger partial charge in [0.1, 0.15) is 0 Å². The topological polar surface area (TPSA) is 3.24 Å². The van der Waals surface area contributed by atoms with E-state index >= 15 is 0 Å². The third-order valence-electron chi connectivity index (χ3n) is 9.85. The SMILES string of the molecule is c1ccc(-c2ccc(N(c3ccc(-c4cccc(-c5ccccc5)c4)c(-c4ccccc4)c3)c3cc4ccccc4c4ccccc34)cc2)cc1. The first kappa shape index (κ1) is 30.4.